The smallest absolute Gasteiger partial charge is 0.387 e. The lowest BCUT2D eigenvalue weighted by atomic mass is 10.2. The van der Waals surface area contributed by atoms with Crippen molar-refractivity contribution in [3.8, 4) is 11.5 Å². The minimum absolute atomic E-state index is 0.0130. The van der Waals surface area contributed by atoms with Crippen molar-refractivity contribution < 1.29 is 27.8 Å². The van der Waals surface area contributed by atoms with Gasteiger partial charge in [0.05, 0.1) is 13.7 Å². The van der Waals surface area contributed by atoms with Gasteiger partial charge >= 0.3 is 6.61 Å². The zero-order valence-electron chi connectivity index (χ0n) is 15.7. The Morgan fingerprint density at radius 3 is 2.37 bits per heavy atom. The van der Waals surface area contributed by atoms with Crippen molar-refractivity contribution >= 4 is 11.8 Å². The van der Waals surface area contributed by atoms with Crippen LogP contribution in [0.25, 0.3) is 0 Å². The van der Waals surface area contributed by atoms with Crippen molar-refractivity contribution in [3.05, 3.63) is 23.8 Å². The molecule has 27 heavy (non-hydrogen) atoms. The second-order valence-corrected chi connectivity index (χ2v) is 6.44. The van der Waals surface area contributed by atoms with E-state index in [1.807, 2.05) is 0 Å². The Kier molecular flexibility index (Phi) is 7.35. The summed E-state index contributed by atoms with van der Waals surface area (Å²) in [6.07, 6.45) is 0. The van der Waals surface area contributed by atoms with Crippen LogP contribution in [0, 0.1) is 0 Å². The number of benzene rings is 1. The summed E-state index contributed by atoms with van der Waals surface area (Å²) >= 11 is 0. The molecule has 1 fully saturated rings. The summed E-state index contributed by atoms with van der Waals surface area (Å²) in [5.41, 5.74) is 0.186. The third-order valence-corrected chi connectivity index (χ3v) is 4.44. The van der Waals surface area contributed by atoms with Crippen LogP contribution < -0.4 is 14.8 Å². The van der Waals surface area contributed by atoms with Crippen molar-refractivity contribution in [2.45, 2.75) is 26.5 Å². The number of carbonyl (C=O) groups is 2. The molecule has 1 aliphatic rings. The van der Waals surface area contributed by atoms with Gasteiger partial charge in [-0.2, -0.15) is 8.78 Å². The molecular formula is C18H25F2N3O4. The molecule has 150 valence electrons. The lowest BCUT2D eigenvalue weighted by Gasteiger charge is -2.36. The lowest BCUT2D eigenvalue weighted by Crippen LogP contribution is -2.52. The number of halogens is 2. The summed E-state index contributed by atoms with van der Waals surface area (Å²) in [5, 5.41) is 2.55. The van der Waals surface area contributed by atoms with E-state index >= 15 is 0 Å². The molecule has 0 aliphatic carbocycles. The molecule has 1 aromatic carbocycles. The van der Waals surface area contributed by atoms with Gasteiger partial charge in [-0.25, -0.2) is 0 Å². The summed E-state index contributed by atoms with van der Waals surface area (Å²) in [5.74, 6) is -0.801. The summed E-state index contributed by atoms with van der Waals surface area (Å²) in [7, 11) is 1.29. The molecule has 1 N–H and O–H groups in total. The fourth-order valence-electron chi connectivity index (χ4n) is 2.86. The first-order valence-corrected chi connectivity index (χ1v) is 8.74. The van der Waals surface area contributed by atoms with Crippen molar-refractivity contribution in [2.24, 2.45) is 0 Å². The third-order valence-electron chi connectivity index (χ3n) is 4.44. The largest absolute Gasteiger partial charge is 0.493 e. The minimum Gasteiger partial charge on any atom is -0.493 e. The number of hydrogen-bond donors (Lipinski definition) is 1. The molecule has 2 amide bonds. The van der Waals surface area contributed by atoms with E-state index in [1.54, 1.807) is 4.90 Å². The topological polar surface area (TPSA) is 71.1 Å². The molecule has 1 saturated heterocycles. The summed E-state index contributed by atoms with van der Waals surface area (Å²) in [6, 6.07) is 4.29. The average molecular weight is 385 g/mol. The number of nitrogens with zero attached hydrogens (tertiary/aromatic N) is 2. The van der Waals surface area contributed by atoms with E-state index in [0.717, 1.165) is 13.1 Å². The molecule has 1 heterocycles. The van der Waals surface area contributed by atoms with Crippen LogP contribution >= 0.6 is 0 Å². The molecular weight excluding hydrogens is 360 g/mol. The van der Waals surface area contributed by atoms with Crippen LogP contribution in [0.15, 0.2) is 18.2 Å². The molecule has 9 heteroatoms. The highest BCUT2D eigenvalue weighted by Crippen LogP contribution is 2.29. The fourth-order valence-corrected chi connectivity index (χ4v) is 2.86. The van der Waals surface area contributed by atoms with Gasteiger partial charge in [0.25, 0.3) is 5.91 Å². The Bertz CT molecular complexity index is 662. The maximum atomic E-state index is 12.3. The van der Waals surface area contributed by atoms with Crippen LogP contribution in [-0.2, 0) is 4.79 Å². The van der Waals surface area contributed by atoms with E-state index in [-0.39, 0.29) is 29.5 Å². The minimum atomic E-state index is -2.99. The van der Waals surface area contributed by atoms with Crippen LogP contribution in [0.3, 0.4) is 0 Å². The monoisotopic (exact) mass is 385 g/mol. The van der Waals surface area contributed by atoms with Crippen LogP contribution in [0.4, 0.5) is 8.78 Å². The molecule has 0 unspecified atom stereocenters. The zero-order valence-corrected chi connectivity index (χ0v) is 15.7. The molecule has 0 spiro atoms. The number of rotatable bonds is 7. The molecule has 0 saturated carbocycles. The normalized spacial score (nSPS) is 15.1. The lowest BCUT2D eigenvalue weighted by molar-refractivity contribution is -0.132. The molecule has 0 radical (unpaired) electrons. The first-order valence-electron chi connectivity index (χ1n) is 8.74. The van der Waals surface area contributed by atoms with Gasteiger partial charge in [-0.1, -0.05) is 0 Å². The predicted molar refractivity (Wildman–Crippen MR) is 95.2 cm³/mol. The fraction of sp³-hybridized carbons (Fsp3) is 0.556. The van der Waals surface area contributed by atoms with Crippen LogP contribution in [0.1, 0.15) is 24.2 Å². The molecule has 0 aromatic heterocycles. The van der Waals surface area contributed by atoms with Crippen molar-refractivity contribution in [2.75, 3.05) is 39.8 Å². The number of hydrogen-bond acceptors (Lipinski definition) is 5. The Balaban J connectivity index is 1.89. The highest BCUT2D eigenvalue weighted by molar-refractivity contribution is 5.97. The Morgan fingerprint density at radius 1 is 1.15 bits per heavy atom. The standard InChI is InChI=1S/C18H25F2N3O4/c1-12(2)22-6-8-23(9-7-22)16(24)11-21-17(25)13-4-5-14(27-18(19)20)15(10-13)26-3/h4-5,10,12,18H,6-9,11H2,1-3H3,(H,21,25). The van der Waals surface area contributed by atoms with E-state index in [9.17, 15) is 18.4 Å². The van der Waals surface area contributed by atoms with Gasteiger partial charge in [0.1, 0.15) is 0 Å². The number of carbonyl (C=O) groups excluding carboxylic acids is 2. The van der Waals surface area contributed by atoms with Gasteiger partial charge in [0, 0.05) is 37.8 Å². The van der Waals surface area contributed by atoms with E-state index in [4.69, 9.17) is 4.74 Å². The number of alkyl halides is 2. The van der Waals surface area contributed by atoms with Crippen molar-refractivity contribution in [3.63, 3.8) is 0 Å². The number of nitrogens with one attached hydrogen (secondary N) is 1. The van der Waals surface area contributed by atoms with E-state index in [2.05, 4.69) is 28.8 Å². The maximum Gasteiger partial charge on any atom is 0.387 e. The molecule has 0 bridgehead atoms. The SMILES string of the molecule is COc1cc(C(=O)NCC(=O)N2CCN(C(C)C)CC2)ccc1OC(F)F. The Labute approximate surface area is 157 Å². The van der Waals surface area contributed by atoms with Gasteiger partial charge in [-0.15, -0.1) is 0 Å². The highest BCUT2D eigenvalue weighted by atomic mass is 19.3. The molecule has 2 rings (SSSR count). The third kappa shape index (κ3) is 5.78. The maximum absolute atomic E-state index is 12.3. The predicted octanol–water partition coefficient (Wildman–Crippen LogP) is 1.58. The first-order chi connectivity index (χ1) is 12.8. The van der Waals surface area contributed by atoms with Gasteiger partial charge in [0.2, 0.25) is 5.91 Å². The van der Waals surface area contributed by atoms with Crippen LogP contribution in [0.5, 0.6) is 11.5 Å². The summed E-state index contributed by atoms with van der Waals surface area (Å²) in [4.78, 5) is 28.5. The molecule has 1 aliphatic heterocycles. The number of methoxy groups -OCH3 is 1. The second-order valence-electron chi connectivity index (χ2n) is 6.44. The van der Waals surface area contributed by atoms with E-state index in [1.165, 1.54) is 25.3 Å². The summed E-state index contributed by atoms with van der Waals surface area (Å²) < 4.78 is 34.0. The van der Waals surface area contributed by atoms with Gasteiger partial charge in [-0.05, 0) is 32.0 Å². The highest BCUT2D eigenvalue weighted by Gasteiger charge is 2.23. The van der Waals surface area contributed by atoms with Crippen molar-refractivity contribution in [1.82, 2.24) is 15.1 Å². The summed E-state index contributed by atoms with van der Waals surface area (Å²) in [6.45, 7) is 3.97. The van der Waals surface area contributed by atoms with E-state index < -0.39 is 12.5 Å². The number of piperazine rings is 1. The Hall–Kier alpha value is -2.42. The van der Waals surface area contributed by atoms with Crippen molar-refractivity contribution in [1.29, 1.82) is 0 Å². The zero-order chi connectivity index (χ0) is 20.0. The Morgan fingerprint density at radius 2 is 1.81 bits per heavy atom. The average Bonchev–Trinajstić information content (AvgIpc) is 2.65. The molecule has 1 aromatic rings. The van der Waals surface area contributed by atoms with Gasteiger partial charge in [0.15, 0.2) is 11.5 Å². The van der Waals surface area contributed by atoms with Gasteiger partial charge in [-0.3, -0.25) is 14.5 Å². The number of amides is 2. The quantitative estimate of drug-likeness (QED) is 0.772. The number of ether oxygens (including phenoxy) is 2. The molecule has 0 atom stereocenters. The molecule has 7 nitrogen and oxygen atoms in total. The first kappa shape index (κ1) is 20.9. The van der Waals surface area contributed by atoms with Gasteiger partial charge < -0.3 is 19.7 Å². The van der Waals surface area contributed by atoms with Crippen LogP contribution in [-0.4, -0.2) is 74.1 Å². The van der Waals surface area contributed by atoms with Crippen LogP contribution in [0.2, 0.25) is 0 Å². The second kappa shape index (κ2) is 9.50. The van der Waals surface area contributed by atoms with E-state index in [0.29, 0.717) is 19.1 Å².